The van der Waals surface area contributed by atoms with Crippen molar-refractivity contribution in [2.75, 3.05) is 7.11 Å². The molecule has 84 valence electrons. The first-order chi connectivity index (χ1) is 7.11. The summed E-state index contributed by atoms with van der Waals surface area (Å²) in [5.74, 6) is 0.505. The van der Waals surface area contributed by atoms with E-state index in [0.717, 1.165) is 12.8 Å². The van der Waals surface area contributed by atoms with Gasteiger partial charge in [-0.2, -0.15) is 0 Å². The van der Waals surface area contributed by atoms with E-state index in [4.69, 9.17) is 9.15 Å². The number of ether oxygens (including phenoxy) is 1. The van der Waals surface area contributed by atoms with Gasteiger partial charge < -0.3 is 14.3 Å². The summed E-state index contributed by atoms with van der Waals surface area (Å²) < 4.78 is 10.2. The molecule has 0 radical (unpaired) electrons. The maximum Gasteiger partial charge on any atom is 0.268 e. The molecule has 15 heavy (non-hydrogen) atoms. The van der Waals surface area contributed by atoms with Gasteiger partial charge in [-0.1, -0.05) is 13.3 Å². The fourth-order valence-electron chi connectivity index (χ4n) is 1.42. The van der Waals surface area contributed by atoms with Crippen LogP contribution in [0.2, 0.25) is 0 Å². The summed E-state index contributed by atoms with van der Waals surface area (Å²) >= 11 is 0. The molecule has 0 saturated carbocycles. The number of unbranched alkanes of at least 4 members (excludes halogenated alkanes) is 1. The average molecular weight is 212 g/mol. The summed E-state index contributed by atoms with van der Waals surface area (Å²) in [5, 5.41) is 9.57. The zero-order valence-corrected chi connectivity index (χ0v) is 9.29. The molecule has 0 spiro atoms. The van der Waals surface area contributed by atoms with E-state index < -0.39 is 5.43 Å². The maximum atomic E-state index is 11.6. The topological polar surface area (TPSA) is 59.7 Å². The molecule has 0 bridgehead atoms. The highest BCUT2D eigenvalue weighted by Crippen LogP contribution is 2.22. The first-order valence-corrected chi connectivity index (χ1v) is 5.01. The van der Waals surface area contributed by atoms with E-state index in [0.29, 0.717) is 17.9 Å². The van der Waals surface area contributed by atoms with Crippen LogP contribution in [0.25, 0.3) is 0 Å². The van der Waals surface area contributed by atoms with Crippen molar-refractivity contribution < 1.29 is 14.3 Å². The van der Waals surface area contributed by atoms with E-state index in [-0.39, 0.29) is 11.5 Å². The van der Waals surface area contributed by atoms with Gasteiger partial charge in [0.25, 0.3) is 5.43 Å². The Morgan fingerprint density at radius 1 is 1.47 bits per heavy atom. The van der Waals surface area contributed by atoms with Crippen molar-refractivity contribution in [3.05, 3.63) is 21.7 Å². The van der Waals surface area contributed by atoms with Crippen LogP contribution in [0.15, 0.2) is 9.21 Å². The highest BCUT2D eigenvalue weighted by molar-refractivity contribution is 5.35. The largest absolute Gasteiger partial charge is 0.502 e. The zero-order chi connectivity index (χ0) is 11.4. The van der Waals surface area contributed by atoms with Crippen molar-refractivity contribution in [3.63, 3.8) is 0 Å². The molecule has 0 aliphatic rings. The average Bonchev–Trinajstić information content (AvgIpc) is 2.22. The van der Waals surface area contributed by atoms with Crippen LogP contribution in [0, 0.1) is 6.92 Å². The van der Waals surface area contributed by atoms with Gasteiger partial charge in [-0.15, -0.1) is 0 Å². The molecular formula is C11H16O4. The van der Waals surface area contributed by atoms with Gasteiger partial charge in [-0.05, 0) is 13.3 Å². The molecule has 0 aliphatic carbocycles. The molecule has 0 amide bonds. The van der Waals surface area contributed by atoms with Crippen molar-refractivity contribution in [2.24, 2.45) is 0 Å². The third-order valence-corrected chi connectivity index (χ3v) is 2.24. The lowest BCUT2D eigenvalue weighted by atomic mass is 10.2. The van der Waals surface area contributed by atoms with Crippen molar-refractivity contribution in [2.45, 2.75) is 33.1 Å². The van der Waals surface area contributed by atoms with Crippen LogP contribution in [-0.2, 0) is 6.42 Å². The monoisotopic (exact) mass is 212 g/mol. The minimum atomic E-state index is -0.493. The van der Waals surface area contributed by atoms with E-state index in [1.54, 1.807) is 6.92 Å². The Bertz CT molecular complexity index is 392. The van der Waals surface area contributed by atoms with E-state index in [9.17, 15) is 9.90 Å². The number of rotatable bonds is 4. The molecular weight excluding hydrogens is 196 g/mol. The molecule has 1 aromatic rings. The van der Waals surface area contributed by atoms with Gasteiger partial charge >= 0.3 is 0 Å². The predicted molar refractivity (Wildman–Crippen MR) is 56.5 cm³/mol. The van der Waals surface area contributed by atoms with Crippen LogP contribution in [-0.4, -0.2) is 12.2 Å². The number of hydrogen-bond acceptors (Lipinski definition) is 4. The molecule has 1 N–H and O–H groups in total. The van der Waals surface area contributed by atoms with Gasteiger partial charge in [0.15, 0.2) is 0 Å². The van der Waals surface area contributed by atoms with Crippen LogP contribution < -0.4 is 10.2 Å². The molecule has 4 heteroatoms. The summed E-state index contributed by atoms with van der Waals surface area (Å²) in [7, 11) is 1.38. The Labute approximate surface area is 88.5 Å². The molecule has 4 nitrogen and oxygen atoms in total. The van der Waals surface area contributed by atoms with Gasteiger partial charge in [0.1, 0.15) is 11.5 Å². The summed E-state index contributed by atoms with van der Waals surface area (Å²) in [6.07, 6.45) is 2.43. The van der Waals surface area contributed by atoms with Crippen LogP contribution in [0.5, 0.6) is 11.5 Å². The Kier molecular flexibility index (Phi) is 3.77. The number of hydrogen-bond donors (Lipinski definition) is 1. The molecule has 0 aromatic carbocycles. The smallest absolute Gasteiger partial charge is 0.268 e. The second-order valence-corrected chi connectivity index (χ2v) is 3.40. The summed E-state index contributed by atoms with van der Waals surface area (Å²) in [6, 6.07) is 0. The Morgan fingerprint density at radius 2 is 2.13 bits per heavy atom. The second kappa shape index (κ2) is 4.87. The maximum absolute atomic E-state index is 11.6. The Hall–Kier alpha value is -1.45. The fourth-order valence-corrected chi connectivity index (χ4v) is 1.42. The molecule has 0 saturated heterocycles. The third kappa shape index (κ3) is 2.32. The van der Waals surface area contributed by atoms with Crippen molar-refractivity contribution in [3.8, 4) is 11.5 Å². The van der Waals surface area contributed by atoms with E-state index >= 15 is 0 Å². The standard InChI is InChI=1S/C11H16O4/c1-4-5-6-8-9(12)10(13)11(14-3)7(2)15-8/h12H,4-6H2,1-3H3. The summed E-state index contributed by atoms with van der Waals surface area (Å²) in [5.41, 5.74) is -0.493. The highest BCUT2D eigenvalue weighted by Gasteiger charge is 2.16. The minimum Gasteiger partial charge on any atom is -0.502 e. The fraction of sp³-hybridized carbons (Fsp3) is 0.545. The molecule has 1 aromatic heterocycles. The van der Waals surface area contributed by atoms with Crippen LogP contribution in [0.4, 0.5) is 0 Å². The lowest BCUT2D eigenvalue weighted by Crippen LogP contribution is -2.09. The normalized spacial score (nSPS) is 10.3. The minimum absolute atomic E-state index is 0.0766. The zero-order valence-electron chi connectivity index (χ0n) is 9.29. The number of aryl methyl sites for hydroxylation is 2. The van der Waals surface area contributed by atoms with Crippen LogP contribution >= 0.6 is 0 Å². The first-order valence-electron chi connectivity index (χ1n) is 5.01. The molecule has 0 atom stereocenters. The van der Waals surface area contributed by atoms with E-state index in [2.05, 4.69) is 0 Å². The Balaban J connectivity index is 3.16. The van der Waals surface area contributed by atoms with Crippen LogP contribution in [0.1, 0.15) is 31.3 Å². The van der Waals surface area contributed by atoms with Gasteiger partial charge in [-0.25, -0.2) is 0 Å². The van der Waals surface area contributed by atoms with E-state index in [1.165, 1.54) is 7.11 Å². The van der Waals surface area contributed by atoms with Gasteiger partial charge in [0.05, 0.1) is 7.11 Å². The van der Waals surface area contributed by atoms with Crippen LogP contribution in [0.3, 0.4) is 0 Å². The van der Waals surface area contributed by atoms with Gasteiger partial charge in [-0.3, -0.25) is 4.79 Å². The second-order valence-electron chi connectivity index (χ2n) is 3.40. The number of methoxy groups -OCH3 is 1. The highest BCUT2D eigenvalue weighted by atomic mass is 16.5. The quantitative estimate of drug-likeness (QED) is 0.829. The lowest BCUT2D eigenvalue weighted by Gasteiger charge is -2.07. The molecule has 1 rings (SSSR count). The SMILES string of the molecule is CCCCc1oc(C)c(OC)c(=O)c1O. The molecule has 1 heterocycles. The molecule has 0 fully saturated rings. The Morgan fingerprint density at radius 3 is 2.67 bits per heavy atom. The van der Waals surface area contributed by atoms with Crippen molar-refractivity contribution >= 4 is 0 Å². The van der Waals surface area contributed by atoms with Crippen molar-refractivity contribution in [1.82, 2.24) is 0 Å². The summed E-state index contributed by atoms with van der Waals surface area (Å²) in [4.78, 5) is 11.6. The number of aromatic hydroxyl groups is 1. The van der Waals surface area contributed by atoms with Gasteiger partial charge in [0, 0.05) is 6.42 Å². The van der Waals surface area contributed by atoms with Gasteiger partial charge in [0.2, 0.25) is 11.5 Å². The van der Waals surface area contributed by atoms with E-state index in [1.807, 2.05) is 6.92 Å². The molecule has 0 unspecified atom stereocenters. The molecule has 0 aliphatic heterocycles. The summed E-state index contributed by atoms with van der Waals surface area (Å²) in [6.45, 7) is 3.68. The first kappa shape index (κ1) is 11.6. The predicted octanol–water partition coefficient (Wildman–Crippen LogP) is 2.01. The van der Waals surface area contributed by atoms with Crippen molar-refractivity contribution in [1.29, 1.82) is 0 Å². The third-order valence-electron chi connectivity index (χ3n) is 2.24. The lowest BCUT2D eigenvalue weighted by molar-refractivity contribution is 0.336.